The van der Waals surface area contributed by atoms with E-state index in [-0.39, 0.29) is 17.1 Å². The maximum absolute atomic E-state index is 11.7. The molecule has 102 valence electrons. The van der Waals surface area contributed by atoms with E-state index >= 15 is 0 Å². The fraction of sp³-hybridized carbons (Fsp3) is 0.500. The van der Waals surface area contributed by atoms with Gasteiger partial charge in [-0.2, -0.15) is 4.98 Å². The summed E-state index contributed by atoms with van der Waals surface area (Å²) in [5.41, 5.74) is 4.78. The molecule has 0 unspecified atom stereocenters. The number of aliphatic hydroxyl groups excluding tert-OH is 2. The number of anilines is 1. The van der Waals surface area contributed by atoms with Crippen LogP contribution in [-0.4, -0.2) is 48.5 Å². The van der Waals surface area contributed by atoms with Gasteiger partial charge in [-0.15, -0.1) is 0 Å². The summed E-state index contributed by atoms with van der Waals surface area (Å²) in [5.74, 6) is -0.170. The molecular formula is C10H13N5O4. The summed E-state index contributed by atoms with van der Waals surface area (Å²) in [7, 11) is 0. The summed E-state index contributed by atoms with van der Waals surface area (Å²) in [5, 5.41) is 19.0. The Hall–Kier alpha value is -1.97. The molecular weight excluding hydrogens is 254 g/mol. The first-order valence-electron chi connectivity index (χ1n) is 6.58. The van der Waals surface area contributed by atoms with Crippen molar-refractivity contribution in [2.45, 2.75) is 24.8 Å². The van der Waals surface area contributed by atoms with Gasteiger partial charge in [0.15, 0.2) is 11.2 Å². The zero-order valence-electron chi connectivity index (χ0n) is 11.6. The van der Waals surface area contributed by atoms with Gasteiger partial charge in [0, 0.05) is 7.77 Å². The molecule has 0 saturated carbocycles. The Kier molecular flexibility index (Phi) is 2.24. The average molecular weight is 269 g/mol. The molecule has 1 aliphatic heterocycles. The number of aromatic nitrogens is 4. The summed E-state index contributed by atoms with van der Waals surface area (Å²) in [6, 6.07) is 0. The number of nitrogens with one attached hydrogen (secondary N) is 1. The Morgan fingerprint density at radius 3 is 3.26 bits per heavy atom. The van der Waals surface area contributed by atoms with Crippen molar-refractivity contribution in [1.82, 2.24) is 19.5 Å². The highest BCUT2D eigenvalue weighted by atomic mass is 16.5. The number of rotatable bonds is 2. The van der Waals surface area contributed by atoms with Crippen molar-refractivity contribution in [3.8, 4) is 0 Å². The lowest BCUT2D eigenvalue weighted by Crippen LogP contribution is -2.24. The van der Waals surface area contributed by atoms with Crippen LogP contribution in [0, 0.1) is 0 Å². The molecule has 1 saturated heterocycles. The highest BCUT2D eigenvalue weighted by Gasteiger charge is 2.35. The first kappa shape index (κ1) is 9.89. The van der Waals surface area contributed by atoms with Gasteiger partial charge in [-0.1, -0.05) is 0 Å². The van der Waals surface area contributed by atoms with Crippen molar-refractivity contribution in [3.63, 3.8) is 0 Å². The molecule has 0 aliphatic carbocycles. The van der Waals surface area contributed by atoms with Gasteiger partial charge in [0.25, 0.3) is 5.56 Å². The van der Waals surface area contributed by atoms with Gasteiger partial charge in [-0.25, -0.2) is 4.98 Å². The fourth-order valence-electron chi connectivity index (χ4n) is 1.89. The smallest absolute Gasteiger partial charge is 0.280 e. The van der Waals surface area contributed by atoms with Crippen LogP contribution >= 0.6 is 0 Å². The zero-order valence-corrected chi connectivity index (χ0v) is 9.65. The molecule has 19 heavy (non-hydrogen) atoms. The van der Waals surface area contributed by atoms with E-state index in [0.717, 1.165) is 10.9 Å². The molecule has 2 aromatic heterocycles. The van der Waals surface area contributed by atoms with Crippen LogP contribution in [0.1, 0.15) is 15.3 Å². The Labute approximate surface area is 109 Å². The van der Waals surface area contributed by atoms with E-state index in [4.69, 9.17) is 18.3 Å². The Morgan fingerprint density at radius 2 is 2.58 bits per heavy atom. The molecule has 0 amide bonds. The van der Waals surface area contributed by atoms with Crippen LogP contribution < -0.4 is 11.3 Å². The minimum absolute atomic E-state index is 0.0331. The van der Waals surface area contributed by atoms with Gasteiger partial charge in [0.2, 0.25) is 5.95 Å². The number of aliphatic hydroxyl groups is 2. The topological polar surface area (TPSA) is 139 Å². The number of aromatic amines is 1. The highest BCUT2D eigenvalue weighted by molar-refractivity contribution is 5.70. The van der Waals surface area contributed by atoms with E-state index in [1.807, 2.05) is 0 Å². The minimum Gasteiger partial charge on any atom is -0.394 e. The summed E-state index contributed by atoms with van der Waals surface area (Å²) >= 11 is 0. The average Bonchev–Trinajstić information content (AvgIpc) is 2.95. The molecule has 0 bridgehead atoms. The summed E-state index contributed by atoms with van der Waals surface area (Å²) in [6.07, 6.45) is -4.82. The van der Waals surface area contributed by atoms with Crippen LogP contribution in [0.5, 0.6) is 0 Å². The van der Waals surface area contributed by atoms with Crippen LogP contribution in [0.3, 0.4) is 0 Å². The van der Waals surface area contributed by atoms with Gasteiger partial charge >= 0.3 is 0 Å². The zero-order chi connectivity index (χ0) is 15.4. The second kappa shape index (κ2) is 4.30. The first-order valence-corrected chi connectivity index (χ1v) is 5.51. The van der Waals surface area contributed by atoms with Crippen LogP contribution in [0.2, 0.25) is 0 Å². The number of fused-ring (bicyclic) bond motifs is 1. The second-order valence-electron chi connectivity index (χ2n) is 4.07. The van der Waals surface area contributed by atoms with E-state index in [0.29, 0.717) is 0 Å². The molecule has 0 aromatic carbocycles. The Bertz CT molecular complexity index is 749. The Balaban J connectivity index is 2.19. The first-order chi connectivity index (χ1) is 9.88. The third-order valence-electron chi connectivity index (χ3n) is 2.81. The van der Waals surface area contributed by atoms with Crippen LogP contribution in [0.4, 0.5) is 5.95 Å². The number of nitrogen functional groups attached to an aromatic ring is 1. The summed E-state index contributed by atoms with van der Waals surface area (Å²) in [4.78, 5) is 21.7. The van der Waals surface area contributed by atoms with E-state index in [1.165, 1.54) is 0 Å². The lowest BCUT2D eigenvalue weighted by Gasteiger charge is -2.13. The number of nitrogens with zero attached hydrogens (tertiary/aromatic N) is 3. The molecule has 0 spiro atoms. The number of imidazole rings is 1. The van der Waals surface area contributed by atoms with Crippen molar-refractivity contribution in [2.75, 3.05) is 12.3 Å². The van der Waals surface area contributed by atoms with Crippen LogP contribution in [-0.2, 0) is 4.74 Å². The van der Waals surface area contributed by atoms with Crippen molar-refractivity contribution in [3.05, 3.63) is 16.7 Å². The highest BCUT2D eigenvalue weighted by Crippen LogP contribution is 2.30. The van der Waals surface area contributed by atoms with Crippen molar-refractivity contribution in [2.24, 2.45) is 0 Å². The normalized spacial score (nSPS) is 36.4. The number of nitrogens with two attached hydrogens (primary N) is 1. The fourth-order valence-corrected chi connectivity index (χ4v) is 1.89. The predicted molar refractivity (Wildman–Crippen MR) is 64.2 cm³/mol. The third kappa shape index (κ3) is 1.87. The molecule has 9 heteroatoms. The predicted octanol–water partition coefficient (Wildman–Crippen LogP) is -1.66. The molecule has 1 aliphatic rings. The monoisotopic (exact) mass is 269 g/mol. The molecule has 9 nitrogen and oxygen atoms in total. The molecule has 0 radical (unpaired) electrons. The molecule has 2 aromatic rings. The van der Waals surface area contributed by atoms with Gasteiger partial charge in [-0.05, 0) is 0 Å². The number of hydrogen-bond acceptors (Lipinski definition) is 7. The molecule has 3 heterocycles. The number of H-pyrrole nitrogens is 1. The number of hydrogen-bond donors (Lipinski definition) is 4. The van der Waals surface area contributed by atoms with Crippen molar-refractivity contribution in [1.29, 1.82) is 0 Å². The largest absolute Gasteiger partial charge is 0.394 e. The summed E-state index contributed by atoms with van der Waals surface area (Å²) in [6.45, 7) is -0.542. The third-order valence-corrected chi connectivity index (χ3v) is 2.81. The van der Waals surface area contributed by atoms with E-state index in [9.17, 15) is 9.90 Å². The van der Waals surface area contributed by atoms with E-state index in [2.05, 4.69) is 15.0 Å². The maximum Gasteiger partial charge on any atom is 0.280 e. The SMILES string of the molecule is [2H][C@@H]1[C@H](O)[C@@H](CO)O[C@@]1([2H])n1cnc2c(=O)[nH]c(N)nc21. The standard InChI is InChI=1S/C10H13N5O4/c11-10-13-8-7(9(18)14-10)12-3-15(8)6-1-4(17)5(2-16)19-6/h3-6,16-17H,1-2H2,(H3,11,13,14,18)/t4-,5+,6+/m0/s1/i1D,6D/t1-,4+,5-,6-/m1. The molecule has 1 fully saturated rings. The van der Waals surface area contributed by atoms with Crippen molar-refractivity contribution < 1.29 is 17.7 Å². The van der Waals surface area contributed by atoms with Gasteiger partial charge in [0.1, 0.15) is 12.3 Å². The molecule has 3 rings (SSSR count). The van der Waals surface area contributed by atoms with Gasteiger partial charge < -0.3 is 20.7 Å². The van der Waals surface area contributed by atoms with E-state index in [1.54, 1.807) is 0 Å². The number of ether oxygens (including phenoxy) is 1. The van der Waals surface area contributed by atoms with Gasteiger partial charge in [0.05, 0.1) is 20.4 Å². The summed E-state index contributed by atoms with van der Waals surface area (Å²) < 4.78 is 22.5. The quantitative estimate of drug-likeness (QED) is 0.511. The van der Waals surface area contributed by atoms with Gasteiger partial charge in [-0.3, -0.25) is 14.3 Å². The van der Waals surface area contributed by atoms with Crippen LogP contribution in [0.25, 0.3) is 11.2 Å². The molecule has 5 N–H and O–H groups in total. The lowest BCUT2D eigenvalue weighted by molar-refractivity contribution is -0.0432. The van der Waals surface area contributed by atoms with Crippen molar-refractivity contribution >= 4 is 17.1 Å². The van der Waals surface area contributed by atoms with Crippen LogP contribution in [0.15, 0.2) is 11.1 Å². The Morgan fingerprint density at radius 1 is 1.79 bits per heavy atom. The maximum atomic E-state index is 11.7. The minimum atomic E-state index is -2.07. The molecule has 4 atom stereocenters. The van der Waals surface area contributed by atoms with E-state index < -0.39 is 37.0 Å². The second-order valence-corrected chi connectivity index (χ2v) is 4.07. The lowest BCUT2D eigenvalue weighted by atomic mass is 10.2.